The summed E-state index contributed by atoms with van der Waals surface area (Å²) in [6, 6.07) is 2.05. The Morgan fingerprint density at radius 2 is 2.16 bits per heavy atom. The zero-order valence-electron chi connectivity index (χ0n) is 11.1. The van der Waals surface area contributed by atoms with Crippen molar-refractivity contribution in [2.24, 2.45) is 0 Å². The lowest BCUT2D eigenvalue weighted by Gasteiger charge is -2.18. The second-order valence-electron chi connectivity index (χ2n) is 4.31. The molecule has 6 nitrogen and oxygen atoms in total. The molecule has 0 saturated carbocycles. The number of carboxylic acids is 1. The summed E-state index contributed by atoms with van der Waals surface area (Å²) >= 11 is 0. The van der Waals surface area contributed by atoms with Gasteiger partial charge in [-0.05, 0) is 25.0 Å². The number of hydrogen-bond donors (Lipinski definition) is 3. The molecular formula is C13H19N3O3. The summed E-state index contributed by atoms with van der Waals surface area (Å²) in [7, 11) is 0. The third-order valence-corrected chi connectivity index (χ3v) is 2.71. The van der Waals surface area contributed by atoms with Crippen LogP contribution < -0.4 is 10.6 Å². The lowest BCUT2D eigenvalue weighted by atomic mass is 10.1. The highest BCUT2D eigenvalue weighted by atomic mass is 16.4. The Kier molecular flexibility index (Phi) is 5.78. The Labute approximate surface area is 112 Å². The smallest absolute Gasteiger partial charge is 0.326 e. The summed E-state index contributed by atoms with van der Waals surface area (Å²) in [5, 5.41) is 14.1. The van der Waals surface area contributed by atoms with E-state index in [0.717, 1.165) is 5.56 Å². The summed E-state index contributed by atoms with van der Waals surface area (Å²) in [5.74, 6) is -1.02. The number of pyridine rings is 1. The number of rotatable bonds is 6. The molecule has 1 aromatic heterocycles. The van der Waals surface area contributed by atoms with Crippen LogP contribution in [0.2, 0.25) is 0 Å². The zero-order valence-corrected chi connectivity index (χ0v) is 11.1. The summed E-state index contributed by atoms with van der Waals surface area (Å²) < 4.78 is 0. The van der Waals surface area contributed by atoms with Crippen molar-refractivity contribution < 1.29 is 14.7 Å². The Bertz CT molecular complexity index is 422. The van der Waals surface area contributed by atoms with Crippen molar-refractivity contribution in [1.82, 2.24) is 15.6 Å². The molecule has 0 aliphatic heterocycles. The van der Waals surface area contributed by atoms with Gasteiger partial charge in [-0.15, -0.1) is 0 Å². The van der Waals surface area contributed by atoms with Gasteiger partial charge in [0.05, 0.1) is 6.04 Å². The fourth-order valence-electron chi connectivity index (χ4n) is 1.66. The molecule has 0 fully saturated rings. The van der Waals surface area contributed by atoms with Gasteiger partial charge < -0.3 is 15.7 Å². The Morgan fingerprint density at radius 3 is 2.68 bits per heavy atom. The molecular weight excluding hydrogens is 246 g/mol. The number of carbonyl (C=O) groups excluding carboxylic acids is 1. The molecule has 0 aliphatic carbocycles. The standard InChI is InChI=1S/C13H19N3O3/c1-3-5-11(12(17)18)16-13(19)15-9(2)10-6-4-7-14-8-10/h4,6-9,11H,3,5H2,1-2H3,(H,17,18)(H2,15,16,19)/t9?,11-/m0/s1. The maximum Gasteiger partial charge on any atom is 0.326 e. The maximum atomic E-state index is 11.7. The van der Waals surface area contributed by atoms with E-state index in [4.69, 9.17) is 5.11 Å². The van der Waals surface area contributed by atoms with E-state index in [9.17, 15) is 9.59 Å². The quantitative estimate of drug-likeness (QED) is 0.730. The van der Waals surface area contributed by atoms with Crippen LogP contribution >= 0.6 is 0 Å². The number of aliphatic carboxylic acids is 1. The number of nitrogens with one attached hydrogen (secondary N) is 2. The Balaban J connectivity index is 2.52. The predicted molar refractivity (Wildman–Crippen MR) is 70.7 cm³/mol. The molecule has 104 valence electrons. The molecule has 1 aromatic rings. The molecule has 2 atom stereocenters. The van der Waals surface area contributed by atoms with Crippen LogP contribution in [0.3, 0.4) is 0 Å². The average molecular weight is 265 g/mol. The third-order valence-electron chi connectivity index (χ3n) is 2.71. The van der Waals surface area contributed by atoms with E-state index in [1.54, 1.807) is 18.5 Å². The minimum Gasteiger partial charge on any atom is -0.480 e. The molecule has 19 heavy (non-hydrogen) atoms. The summed E-state index contributed by atoms with van der Waals surface area (Å²) in [5.41, 5.74) is 0.861. The van der Waals surface area contributed by atoms with Crippen molar-refractivity contribution >= 4 is 12.0 Å². The van der Waals surface area contributed by atoms with E-state index in [1.165, 1.54) is 0 Å². The molecule has 3 N–H and O–H groups in total. The number of amides is 2. The highest BCUT2D eigenvalue weighted by molar-refractivity contribution is 5.82. The van der Waals surface area contributed by atoms with Gasteiger partial charge >= 0.3 is 12.0 Å². The highest BCUT2D eigenvalue weighted by Gasteiger charge is 2.19. The van der Waals surface area contributed by atoms with E-state index in [1.807, 2.05) is 19.9 Å². The van der Waals surface area contributed by atoms with E-state index in [2.05, 4.69) is 15.6 Å². The largest absolute Gasteiger partial charge is 0.480 e. The van der Waals surface area contributed by atoms with E-state index < -0.39 is 18.0 Å². The van der Waals surface area contributed by atoms with E-state index in [-0.39, 0.29) is 6.04 Å². The van der Waals surface area contributed by atoms with Gasteiger partial charge in [-0.2, -0.15) is 0 Å². The lowest BCUT2D eigenvalue weighted by Crippen LogP contribution is -2.46. The van der Waals surface area contributed by atoms with Crippen LogP contribution in [-0.4, -0.2) is 28.1 Å². The van der Waals surface area contributed by atoms with Gasteiger partial charge in [0.2, 0.25) is 0 Å². The Hall–Kier alpha value is -2.11. The number of nitrogens with zero attached hydrogens (tertiary/aromatic N) is 1. The van der Waals surface area contributed by atoms with Crippen molar-refractivity contribution in [3.05, 3.63) is 30.1 Å². The minimum atomic E-state index is -1.02. The monoisotopic (exact) mass is 265 g/mol. The maximum absolute atomic E-state index is 11.7. The van der Waals surface area contributed by atoms with E-state index >= 15 is 0 Å². The van der Waals surface area contributed by atoms with Crippen molar-refractivity contribution in [2.75, 3.05) is 0 Å². The number of urea groups is 1. The zero-order chi connectivity index (χ0) is 14.3. The summed E-state index contributed by atoms with van der Waals surface area (Å²) in [4.78, 5) is 26.6. The minimum absolute atomic E-state index is 0.232. The Morgan fingerprint density at radius 1 is 1.42 bits per heavy atom. The van der Waals surface area contributed by atoms with Crippen LogP contribution in [0.25, 0.3) is 0 Å². The van der Waals surface area contributed by atoms with Gasteiger partial charge in [-0.1, -0.05) is 19.4 Å². The van der Waals surface area contributed by atoms with Gasteiger partial charge in [0.25, 0.3) is 0 Å². The normalized spacial score (nSPS) is 13.4. The first-order valence-electron chi connectivity index (χ1n) is 6.24. The number of carbonyl (C=O) groups is 2. The van der Waals surface area contributed by atoms with Gasteiger partial charge in [-0.3, -0.25) is 4.98 Å². The predicted octanol–water partition coefficient (Wildman–Crippen LogP) is 1.70. The third kappa shape index (κ3) is 4.95. The molecule has 1 unspecified atom stereocenters. The van der Waals surface area contributed by atoms with Crippen molar-refractivity contribution in [3.63, 3.8) is 0 Å². The van der Waals surface area contributed by atoms with Crippen molar-refractivity contribution in [2.45, 2.75) is 38.8 Å². The molecule has 1 heterocycles. The molecule has 6 heteroatoms. The summed E-state index contributed by atoms with van der Waals surface area (Å²) in [6.45, 7) is 3.68. The fourth-order valence-corrected chi connectivity index (χ4v) is 1.66. The first-order valence-corrected chi connectivity index (χ1v) is 6.24. The second-order valence-corrected chi connectivity index (χ2v) is 4.31. The second kappa shape index (κ2) is 7.35. The molecule has 0 aliphatic rings. The molecule has 0 spiro atoms. The van der Waals surface area contributed by atoms with Crippen LogP contribution in [-0.2, 0) is 4.79 Å². The number of carboxylic acid groups (broad SMARTS) is 1. The molecule has 0 radical (unpaired) electrons. The van der Waals surface area contributed by atoms with Gasteiger partial charge in [-0.25, -0.2) is 9.59 Å². The van der Waals surface area contributed by atoms with Gasteiger partial charge in [0.1, 0.15) is 6.04 Å². The SMILES string of the molecule is CCC[C@H](NC(=O)NC(C)c1cccnc1)C(=O)O. The topological polar surface area (TPSA) is 91.3 Å². The molecule has 0 aromatic carbocycles. The fraction of sp³-hybridized carbons (Fsp3) is 0.462. The molecule has 1 rings (SSSR count). The van der Waals surface area contributed by atoms with E-state index in [0.29, 0.717) is 12.8 Å². The van der Waals surface area contributed by atoms with Crippen LogP contribution in [0.15, 0.2) is 24.5 Å². The number of aromatic nitrogens is 1. The molecule has 0 bridgehead atoms. The molecule has 0 saturated heterocycles. The van der Waals surface area contributed by atoms with Crippen LogP contribution in [0, 0.1) is 0 Å². The average Bonchev–Trinajstić information content (AvgIpc) is 2.39. The van der Waals surface area contributed by atoms with Crippen LogP contribution in [0.5, 0.6) is 0 Å². The first kappa shape index (κ1) is 14.9. The number of hydrogen-bond acceptors (Lipinski definition) is 3. The van der Waals surface area contributed by atoms with Gasteiger partial charge in [0, 0.05) is 12.4 Å². The lowest BCUT2D eigenvalue weighted by molar-refractivity contribution is -0.139. The van der Waals surface area contributed by atoms with Gasteiger partial charge in [0.15, 0.2) is 0 Å². The highest BCUT2D eigenvalue weighted by Crippen LogP contribution is 2.09. The van der Waals surface area contributed by atoms with Crippen molar-refractivity contribution in [3.8, 4) is 0 Å². The molecule has 2 amide bonds. The van der Waals surface area contributed by atoms with Crippen molar-refractivity contribution in [1.29, 1.82) is 0 Å². The first-order chi connectivity index (χ1) is 9.04. The van der Waals surface area contributed by atoms with Crippen LogP contribution in [0.1, 0.15) is 38.3 Å². The summed E-state index contributed by atoms with van der Waals surface area (Å²) in [6.07, 6.45) is 4.41. The van der Waals surface area contributed by atoms with Crippen LogP contribution in [0.4, 0.5) is 4.79 Å².